The van der Waals surface area contributed by atoms with Gasteiger partial charge in [-0.1, -0.05) is 19.9 Å². The quantitative estimate of drug-likeness (QED) is 0.647. The molecule has 2 rings (SSSR count). The summed E-state index contributed by atoms with van der Waals surface area (Å²) in [5, 5.41) is 3.12. The number of methoxy groups -OCH3 is 1. The molecule has 0 radical (unpaired) electrons. The van der Waals surface area contributed by atoms with E-state index in [-0.39, 0.29) is 30.5 Å². The number of carbonyl (C=O) groups is 1. The summed E-state index contributed by atoms with van der Waals surface area (Å²) in [6.07, 6.45) is 6.41. The van der Waals surface area contributed by atoms with Gasteiger partial charge in [-0.15, -0.1) is 12.4 Å². The molecule has 27 heavy (non-hydrogen) atoms. The Balaban J connectivity index is 0.00000364. The summed E-state index contributed by atoms with van der Waals surface area (Å²) < 4.78 is 11.6. The molecule has 1 amide bonds. The van der Waals surface area contributed by atoms with Gasteiger partial charge >= 0.3 is 0 Å². The lowest BCUT2D eigenvalue weighted by atomic mass is 9.81. The van der Waals surface area contributed by atoms with Gasteiger partial charge in [0.25, 0.3) is 0 Å². The van der Waals surface area contributed by atoms with Gasteiger partial charge in [0.05, 0.1) is 24.7 Å². The molecule has 1 aliphatic rings. The van der Waals surface area contributed by atoms with Gasteiger partial charge in [0.1, 0.15) is 0 Å². The molecule has 154 valence electrons. The van der Waals surface area contributed by atoms with Crippen molar-refractivity contribution in [1.82, 2.24) is 5.32 Å². The Kier molecular flexibility index (Phi) is 9.40. The summed E-state index contributed by atoms with van der Waals surface area (Å²) in [5.74, 6) is 1.51. The molecule has 0 aromatic heterocycles. The maximum absolute atomic E-state index is 12.7. The van der Waals surface area contributed by atoms with Gasteiger partial charge in [-0.25, -0.2) is 0 Å². The molecule has 1 atom stereocenters. The van der Waals surface area contributed by atoms with Crippen molar-refractivity contribution >= 4 is 18.3 Å². The van der Waals surface area contributed by atoms with Gasteiger partial charge in [-0.3, -0.25) is 4.79 Å². The lowest BCUT2D eigenvalue weighted by Gasteiger charge is -2.30. The highest BCUT2D eigenvalue weighted by Gasteiger charge is 2.34. The van der Waals surface area contributed by atoms with Crippen molar-refractivity contribution in [2.24, 2.45) is 11.1 Å². The Morgan fingerprint density at radius 3 is 2.41 bits per heavy atom. The van der Waals surface area contributed by atoms with Crippen molar-refractivity contribution in [3.8, 4) is 11.5 Å². The average molecular weight is 399 g/mol. The Hall–Kier alpha value is -1.46. The van der Waals surface area contributed by atoms with Crippen molar-refractivity contribution in [2.45, 2.75) is 71.4 Å². The molecule has 1 unspecified atom stereocenters. The fourth-order valence-corrected chi connectivity index (χ4v) is 3.62. The number of rotatable bonds is 9. The highest BCUT2D eigenvalue weighted by Crippen LogP contribution is 2.34. The first-order valence-corrected chi connectivity index (χ1v) is 9.85. The fraction of sp³-hybridized carbons (Fsp3) is 0.667. The van der Waals surface area contributed by atoms with Gasteiger partial charge in [0.2, 0.25) is 5.91 Å². The Morgan fingerprint density at radius 2 is 1.89 bits per heavy atom. The third kappa shape index (κ3) is 5.52. The van der Waals surface area contributed by atoms with Crippen molar-refractivity contribution < 1.29 is 14.3 Å². The standard InChI is InChI=1S/C21H34N2O3.ClH/c1-5-21(6-2,14-22)20(24)23-15(3)16-11-12-18(19(13-16)25-4)26-17-9-7-8-10-17;/h11-13,15,17H,5-10,14,22H2,1-4H3,(H,23,24);1H. The summed E-state index contributed by atoms with van der Waals surface area (Å²) in [6.45, 7) is 6.37. The molecule has 0 bridgehead atoms. The number of nitrogens with one attached hydrogen (secondary N) is 1. The summed E-state index contributed by atoms with van der Waals surface area (Å²) in [7, 11) is 1.65. The maximum Gasteiger partial charge on any atom is 0.227 e. The molecule has 0 heterocycles. The van der Waals surface area contributed by atoms with Crippen LogP contribution in [-0.4, -0.2) is 25.7 Å². The molecule has 1 aromatic rings. The van der Waals surface area contributed by atoms with Crippen LogP contribution < -0.4 is 20.5 Å². The minimum Gasteiger partial charge on any atom is -0.493 e. The number of carbonyl (C=O) groups excluding carboxylic acids is 1. The van der Waals surface area contributed by atoms with E-state index >= 15 is 0 Å². The van der Waals surface area contributed by atoms with Gasteiger partial charge in [-0.2, -0.15) is 0 Å². The third-order valence-corrected chi connectivity index (χ3v) is 5.86. The van der Waals surface area contributed by atoms with Crippen LogP contribution in [0.1, 0.15) is 70.9 Å². The van der Waals surface area contributed by atoms with Crippen LogP contribution in [0.4, 0.5) is 0 Å². The monoisotopic (exact) mass is 398 g/mol. The Bertz CT molecular complexity index is 591. The molecule has 1 saturated carbocycles. The lowest BCUT2D eigenvalue weighted by molar-refractivity contribution is -0.131. The molecule has 1 aliphatic carbocycles. The van der Waals surface area contributed by atoms with Crippen LogP contribution in [0.3, 0.4) is 0 Å². The normalized spacial score (nSPS) is 15.7. The summed E-state index contributed by atoms with van der Waals surface area (Å²) in [4.78, 5) is 12.7. The van der Waals surface area contributed by atoms with Gasteiger partial charge in [0.15, 0.2) is 11.5 Å². The van der Waals surface area contributed by atoms with Crippen LogP contribution in [-0.2, 0) is 4.79 Å². The van der Waals surface area contributed by atoms with E-state index < -0.39 is 5.41 Å². The van der Waals surface area contributed by atoms with Crippen LogP contribution in [0.5, 0.6) is 11.5 Å². The Morgan fingerprint density at radius 1 is 1.26 bits per heavy atom. The van der Waals surface area contributed by atoms with Crippen LogP contribution >= 0.6 is 12.4 Å². The number of benzene rings is 1. The van der Waals surface area contributed by atoms with E-state index in [1.807, 2.05) is 39.0 Å². The van der Waals surface area contributed by atoms with E-state index in [9.17, 15) is 4.79 Å². The molecular formula is C21H35ClN2O3. The summed E-state index contributed by atoms with van der Waals surface area (Å²) in [5.41, 5.74) is 6.39. The zero-order chi connectivity index (χ0) is 19.2. The van der Waals surface area contributed by atoms with E-state index in [1.54, 1.807) is 7.11 Å². The molecule has 1 aromatic carbocycles. The third-order valence-electron chi connectivity index (χ3n) is 5.86. The molecule has 3 N–H and O–H groups in total. The maximum atomic E-state index is 12.7. The molecule has 5 nitrogen and oxygen atoms in total. The highest BCUT2D eigenvalue weighted by atomic mass is 35.5. The number of hydrogen-bond donors (Lipinski definition) is 2. The number of hydrogen-bond acceptors (Lipinski definition) is 4. The first-order valence-electron chi connectivity index (χ1n) is 9.85. The van der Waals surface area contributed by atoms with E-state index in [2.05, 4.69) is 5.32 Å². The number of ether oxygens (including phenoxy) is 2. The van der Waals surface area contributed by atoms with Crippen LogP contribution in [0, 0.1) is 5.41 Å². The number of nitrogens with two attached hydrogens (primary N) is 1. The second kappa shape index (κ2) is 10.8. The van der Waals surface area contributed by atoms with Gasteiger partial charge < -0.3 is 20.5 Å². The molecule has 0 aliphatic heterocycles. The van der Waals surface area contributed by atoms with Crippen LogP contribution in [0.25, 0.3) is 0 Å². The first-order chi connectivity index (χ1) is 12.5. The zero-order valence-electron chi connectivity index (χ0n) is 17.0. The van der Waals surface area contributed by atoms with Crippen molar-refractivity contribution in [2.75, 3.05) is 13.7 Å². The van der Waals surface area contributed by atoms with Gasteiger partial charge in [-0.05, 0) is 63.1 Å². The molecule has 6 heteroatoms. The van der Waals surface area contributed by atoms with E-state index in [0.29, 0.717) is 12.3 Å². The predicted molar refractivity (Wildman–Crippen MR) is 112 cm³/mol. The predicted octanol–water partition coefficient (Wildman–Crippen LogP) is 4.38. The molecular weight excluding hydrogens is 364 g/mol. The zero-order valence-corrected chi connectivity index (χ0v) is 17.9. The molecule has 0 saturated heterocycles. The Labute approximate surface area is 169 Å². The minimum absolute atomic E-state index is 0. The number of amides is 1. The van der Waals surface area contributed by atoms with Crippen LogP contribution in [0.15, 0.2) is 18.2 Å². The largest absolute Gasteiger partial charge is 0.493 e. The first kappa shape index (κ1) is 23.6. The fourth-order valence-electron chi connectivity index (χ4n) is 3.62. The van der Waals surface area contributed by atoms with E-state index in [4.69, 9.17) is 15.2 Å². The summed E-state index contributed by atoms with van der Waals surface area (Å²) >= 11 is 0. The van der Waals surface area contributed by atoms with Crippen molar-refractivity contribution in [1.29, 1.82) is 0 Å². The average Bonchev–Trinajstić information content (AvgIpc) is 3.17. The topological polar surface area (TPSA) is 73.6 Å². The summed E-state index contributed by atoms with van der Waals surface area (Å²) in [6, 6.07) is 5.78. The second-order valence-corrected chi connectivity index (χ2v) is 7.32. The van der Waals surface area contributed by atoms with Crippen molar-refractivity contribution in [3.05, 3.63) is 23.8 Å². The SMILES string of the molecule is CCC(CC)(CN)C(=O)NC(C)c1ccc(OC2CCCC2)c(OC)c1.Cl. The van der Waals surface area contributed by atoms with Crippen LogP contribution in [0.2, 0.25) is 0 Å². The van der Waals surface area contributed by atoms with Crippen molar-refractivity contribution in [3.63, 3.8) is 0 Å². The van der Waals surface area contributed by atoms with E-state index in [0.717, 1.165) is 37.0 Å². The molecule has 1 fully saturated rings. The van der Waals surface area contributed by atoms with Gasteiger partial charge in [0, 0.05) is 6.54 Å². The number of halogens is 1. The molecule has 0 spiro atoms. The second-order valence-electron chi connectivity index (χ2n) is 7.32. The minimum atomic E-state index is -0.496. The van der Waals surface area contributed by atoms with E-state index in [1.165, 1.54) is 12.8 Å². The smallest absolute Gasteiger partial charge is 0.227 e. The lowest BCUT2D eigenvalue weighted by Crippen LogP contribution is -2.46. The highest BCUT2D eigenvalue weighted by molar-refractivity contribution is 5.85.